The lowest BCUT2D eigenvalue weighted by atomic mass is 10.1. The fraction of sp³-hybridized carbons (Fsp3) is 0.500. The largest absolute Gasteiger partial charge is 0.497 e. The lowest BCUT2D eigenvalue weighted by Crippen LogP contribution is -2.55. The molecule has 0 spiro atoms. The van der Waals surface area contributed by atoms with Crippen molar-refractivity contribution in [2.24, 2.45) is 0 Å². The Morgan fingerprint density at radius 2 is 1.94 bits per heavy atom. The third-order valence-electron chi connectivity index (χ3n) is 2.97. The van der Waals surface area contributed by atoms with Crippen molar-refractivity contribution in [2.45, 2.75) is 12.6 Å². The summed E-state index contributed by atoms with van der Waals surface area (Å²) in [5.74, 6) is 0.923. The first-order valence-electron chi connectivity index (χ1n) is 5.33. The van der Waals surface area contributed by atoms with E-state index < -0.39 is 0 Å². The van der Waals surface area contributed by atoms with Crippen molar-refractivity contribution in [2.75, 3.05) is 27.2 Å². The van der Waals surface area contributed by atoms with Gasteiger partial charge in [-0.05, 0) is 24.7 Å². The van der Waals surface area contributed by atoms with Crippen molar-refractivity contribution in [3.8, 4) is 5.75 Å². The van der Waals surface area contributed by atoms with E-state index in [1.165, 1.54) is 5.56 Å². The second kappa shape index (κ2) is 6.09. The molecule has 0 atom stereocenters. The first kappa shape index (κ1) is 13.3. The van der Waals surface area contributed by atoms with Crippen LogP contribution in [-0.4, -0.2) is 38.2 Å². The van der Waals surface area contributed by atoms with E-state index in [4.69, 9.17) is 4.74 Å². The van der Waals surface area contributed by atoms with Gasteiger partial charge in [-0.2, -0.15) is 0 Å². The van der Waals surface area contributed by atoms with Gasteiger partial charge in [0.05, 0.1) is 7.11 Å². The van der Waals surface area contributed by atoms with Crippen LogP contribution < -0.4 is 10.1 Å². The summed E-state index contributed by atoms with van der Waals surface area (Å²) in [5, 5.41) is 3.28. The molecule has 1 N–H and O–H groups in total. The van der Waals surface area contributed by atoms with E-state index in [9.17, 15) is 0 Å². The SMILES string of the molecule is COc1ccc(CN(C)C2CNC2)cc1.Cl. The smallest absolute Gasteiger partial charge is 0.118 e. The van der Waals surface area contributed by atoms with Crippen LogP contribution in [0.2, 0.25) is 0 Å². The molecule has 0 aromatic heterocycles. The van der Waals surface area contributed by atoms with Crippen molar-refractivity contribution in [1.29, 1.82) is 0 Å². The molecule has 0 amide bonds. The van der Waals surface area contributed by atoms with Gasteiger partial charge < -0.3 is 10.1 Å². The molecule has 1 heterocycles. The minimum absolute atomic E-state index is 0. The van der Waals surface area contributed by atoms with Gasteiger partial charge in [0.2, 0.25) is 0 Å². The summed E-state index contributed by atoms with van der Waals surface area (Å²) in [4.78, 5) is 2.39. The van der Waals surface area contributed by atoms with Gasteiger partial charge >= 0.3 is 0 Å². The number of halogens is 1. The second-order valence-electron chi connectivity index (χ2n) is 4.08. The van der Waals surface area contributed by atoms with Crippen LogP contribution in [0.15, 0.2) is 24.3 Å². The van der Waals surface area contributed by atoms with Crippen molar-refractivity contribution in [3.63, 3.8) is 0 Å². The average molecular weight is 243 g/mol. The van der Waals surface area contributed by atoms with Gasteiger partial charge in [0, 0.05) is 25.7 Å². The predicted molar refractivity (Wildman–Crippen MR) is 68.4 cm³/mol. The molecular formula is C12H19ClN2O. The van der Waals surface area contributed by atoms with Crippen LogP contribution in [0.5, 0.6) is 5.75 Å². The van der Waals surface area contributed by atoms with E-state index in [0.29, 0.717) is 6.04 Å². The number of hydrogen-bond donors (Lipinski definition) is 1. The van der Waals surface area contributed by atoms with Crippen LogP contribution in [0.3, 0.4) is 0 Å². The Morgan fingerprint density at radius 1 is 1.31 bits per heavy atom. The van der Waals surface area contributed by atoms with E-state index in [1.807, 2.05) is 12.1 Å². The highest BCUT2D eigenvalue weighted by Crippen LogP contribution is 2.14. The highest BCUT2D eigenvalue weighted by molar-refractivity contribution is 5.85. The molecule has 90 valence electrons. The van der Waals surface area contributed by atoms with Gasteiger partial charge in [-0.1, -0.05) is 12.1 Å². The normalized spacial score (nSPS) is 15.4. The number of hydrogen-bond acceptors (Lipinski definition) is 3. The van der Waals surface area contributed by atoms with E-state index in [1.54, 1.807) is 7.11 Å². The zero-order chi connectivity index (χ0) is 10.7. The lowest BCUT2D eigenvalue weighted by Gasteiger charge is -2.35. The number of rotatable bonds is 4. The van der Waals surface area contributed by atoms with Crippen molar-refractivity contribution < 1.29 is 4.74 Å². The third-order valence-corrected chi connectivity index (χ3v) is 2.97. The summed E-state index contributed by atoms with van der Waals surface area (Å²) in [7, 11) is 3.87. The summed E-state index contributed by atoms with van der Waals surface area (Å²) < 4.78 is 5.13. The van der Waals surface area contributed by atoms with Crippen molar-refractivity contribution in [1.82, 2.24) is 10.2 Å². The summed E-state index contributed by atoms with van der Waals surface area (Å²) in [5.41, 5.74) is 1.34. The molecule has 1 saturated heterocycles. The molecule has 1 aliphatic rings. The topological polar surface area (TPSA) is 24.5 Å². The molecule has 16 heavy (non-hydrogen) atoms. The van der Waals surface area contributed by atoms with Gasteiger partial charge in [-0.3, -0.25) is 4.90 Å². The maximum Gasteiger partial charge on any atom is 0.118 e. The average Bonchev–Trinajstić information content (AvgIpc) is 2.16. The van der Waals surface area contributed by atoms with Gasteiger partial charge in [-0.25, -0.2) is 0 Å². The molecule has 2 rings (SSSR count). The van der Waals surface area contributed by atoms with Gasteiger partial charge in [0.25, 0.3) is 0 Å². The van der Waals surface area contributed by atoms with Crippen LogP contribution in [0, 0.1) is 0 Å². The van der Waals surface area contributed by atoms with Crippen LogP contribution in [0.1, 0.15) is 5.56 Å². The zero-order valence-electron chi connectivity index (χ0n) is 9.77. The first-order valence-corrected chi connectivity index (χ1v) is 5.33. The fourth-order valence-electron chi connectivity index (χ4n) is 1.73. The van der Waals surface area contributed by atoms with E-state index >= 15 is 0 Å². The highest BCUT2D eigenvalue weighted by Gasteiger charge is 2.20. The van der Waals surface area contributed by atoms with Crippen LogP contribution in [-0.2, 0) is 6.54 Å². The Bertz CT molecular complexity index is 311. The van der Waals surface area contributed by atoms with E-state index in [-0.39, 0.29) is 12.4 Å². The monoisotopic (exact) mass is 242 g/mol. The molecule has 1 aliphatic heterocycles. The minimum atomic E-state index is 0. The van der Waals surface area contributed by atoms with Crippen molar-refractivity contribution in [3.05, 3.63) is 29.8 Å². The molecule has 4 heteroatoms. The van der Waals surface area contributed by atoms with E-state index in [0.717, 1.165) is 25.4 Å². The Hall–Kier alpha value is -0.770. The molecular weight excluding hydrogens is 224 g/mol. The fourth-order valence-corrected chi connectivity index (χ4v) is 1.73. The molecule has 0 unspecified atom stereocenters. The third kappa shape index (κ3) is 3.11. The Morgan fingerprint density at radius 3 is 2.38 bits per heavy atom. The number of benzene rings is 1. The standard InChI is InChI=1S/C12H18N2O.ClH/c1-14(11-7-13-8-11)9-10-3-5-12(15-2)6-4-10;/h3-6,11,13H,7-9H2,1-2H3;1H. The molecule has 1 aromatic carbocycles. The van der Waals surface area contributed by atoms with Crippen LogP contribution >= 0.6 is 12.4 Å². The van der Waals surface area contributed by atoms with Crippen LogP contribution in [0.4, 0.5) is 0 Å². The number of methoxy groups -OCH3 is 1. The van der Waals surface area contributed by atoms with Gasteiger partial charge in [-0.15, -0.1) is 12.4 Å². The quantitative estimate of drug-likeness (QED) is 0.867. The van der Waals surface area contributed by atoms with Crippen molar-refractivity contribution >= 4 is 12.4 Å². The summed E-state index contributed by atoms with van der Waals surface area (Å²) in [6, 6.07) is 8.99. The predicted octanol–water partition coefficient (Wildman–Crippen LogP) is 1.52. The summed E-state index contributed by atoms with van der Waals surface area (Å²) in [6.07, 6.45) is 0. The zero-order valence-corrected chi connectivity index (χ0v) is 10.6. The maximum atomic E-state index is 5.13. The minimum Gasteiger partial charge on any atom is -0.497 e. The van der Waals surface area contributed by atoms with Crippen LogP contribution in [0.25, 0.3) is 0 Å². The Kier molecular flexibility index (Phi) is 5.06. The molecule has 0 aliphatic carbocycles. The molecule has 0 radical (unpaired) electrons. The Balaban J connectivity index is 0.00000128. The van der Waals surface area contributed by atoms with Gasteiger partial charge in [0.1, 0.15) is 5.75 Å². The number of nitrogens with one attached hydrogen (secondary N) is 1. The highest BCUT2D eigenvalue weighted by atomic mass is 35.5. The summed E-state index contributed by atoms with van der Waals surface area (Å²) in [6.45, 7) is 3.25. The number of ether oxygens (including phenoxy) is 1. The molecule has 1 aromatic rings. The molecule has 3 nitrogen and oxygen atoms in total. The summed E-state index contributed by atoms with van der Waals surface area (Å²) >= 11 is 0. The Labute approximate surface area is 103 Å². The van der Waals surface area contributed by atoms with Gasteiger partial charge in [0.15, 0.2) is 0 Å². The van der Waals surface area contributed by atoms with E-state index in [2.05, 4.69) is 29.4 Å². The first-order chi connectivity index (χ1) is 7.29. The molecule has 1 fully saturated rings. The number of likely N-dealkylation sites (N-methyl/N-ethyl adjacent to an activating group) is 1. The maximum absolute atomic E-state index is 5.13. The lowest BCUT2D eigenvalue weighted by molar-refractivity contribution is 0.173. The molecule has 0 bridgehead atoms. The number of nitrogens with zero attached hydrogens (tertiary/aromatic N) is 1. The molecule has 0 saturated carbocycles. The second-order valence-corrected chi connectivity index (χ2v) is 4.08.